The lowest BCUT2D eigenvalue weighted by Gasteiger charge is -2.02. The molecule has 9 heteroatoms. The molecule has 0 aliphatic rings. The van der Waals surface area contributed by atoms with Crippen molar-refractivity contribution in [3.8, 4) is 0 Å². The molecule has 0 aliphatic carbocycles. The SMILES string of the molecule is COS(=O)(=O)c1cc(F)c(F)c([N+](=O)[O-])c1. The minimum absolute atomic E-state index is 0.307. The first kappa shape index (κ1) is 12.5. The topological polar surface area (TPSA) is 86.5 Å². The van der Waals surface area contributed by atoms with E-state index >= 15 is 0 Å². The summed E-state index contributed by atoms with van der Waals surface area (Å²) in [6.07, 6.45) is 0. The van der Waals surface area contributed by atoms with Gasteiger partial charge in [0.1, 0.15) is 4.90 Å². The van der Waals surface area contributed by atoms with Gasteiger partial charge in [0.05, 0.1) is 12.0 Å². The second kappa shape index (κ2) is 4.10. The molecular formula is C7H5F2NO5S. The maximum absolute atomic E-state index is 12.9. The van der Waals surface area contributed by atoms with E-state index in [1.54, 1.807) is 0 Å². The van der Waals surface area contributed by atoms with E-state index in [-0.39, 0.29) is 0 Å². The van der Waals surface area contributed by atoms with Crippen molar-refractivity contribution in [1.82, 2.24) is 0 Å². The number of rotatable bonds is 3. The zero-order valence-corrected chi connectivity index (χ0v) is 8.62. The molecule has 1 aromatic carbocycles. The molecule has 0 fully saturated rings. The Labute approximate surface area is 88.7 Å². The van der Waals surface area contributed by atoms with E-state index in [2.05, 4.69) is 4.18 Å². The highest BCUT2D eigenvalue weighted by molar-refractivity contribution is 7.86. The number of hydrogen-bond acceptors (Lipinski definition) is 5. The van der Waals surface area contributed by atoms with Gasteiger partial charge in [-0.2, -0.15) is 12.8 Å². The van der Waals surface area contributed by atoms with Gasteiger partial charge in [-0.1, -0.05) is 0 Å². The zero-order chi connectivity index (χ0) is 12.5. The Balaban J connectivity index is 3.53. The van der Waals surface area contributed by atoms with Gasteiger partial charge >= 0.3 is 5.69 Å². The molecule has 1 aromatic rings. The first-order valence-corrected chi connectivity index (χ1v) is 5.14. The zero-order valence-electron chi connectivity index (χ0n) is 7.81. The van der Waals surface area contributed by atoms with E-state index in [4.69, 9.17) is 0 Å². The third-order valence-electron chi connectivity index (χ3n) is 1.69. The van der Waals surface area contributed by atoms with Gasteiger partial charge in [0.15, 0.2) is 5.82 Å². The molecule has 0 amide bonds. The van der Waals surface area contributed by atoms with Crippen LogP contribution in [0.4, 0.5) is 14.5 Å². The van der Waals surface area contributed by atoms with Crippen LogP contribution in [-0.2, 0) is 14.3 Å². The van der Waals surface area contributed by atoms with Gasteiger partial charge < -0.3 is 0 Å². The van der Waals surface area contributed by atoms with Crippen molar-refractivity contribution in [3.05, 3.63) is 33.9 Å². The van der Waals surface area contributed by atoms with E-state index in [9.17, 15) is 27.3 Å². The number of nitro groups is 1. The number of benzene rings is 1. The Bertz CT molecular complexity index is 542. The summed E-state index contributed by atoms with van der Waals surface area (Å²) < 4.78 is 52.0. The average molecular weight is 253 g/mol. The van der Waals surface area contributed by atoms with Crippen molar-refractivity contribution in [2.75, 3.05) is 7.11 Å². The second-order valence-electron chi connectivity index (χ2n) is 2.62. The van der Waals surface area contributed by atoms with Crippen molar-refractivity contribution in [3.63, 3.8) is 0 Å². The molecule has 16 heavy (non-hydrogen) atoms. The summed E-state index contributed by atoms with van der Waals surface area (Å²) in [6.45, 7) is 0. The minimum Gasteiger partial charge on any atom is -0.270 e. The smallest absolute Gasteiger partial charge is 0.270 e. The monoisotopic (exact) mass is 253 g/mol. The average Bonchev–Trinajstić information content (AvgIpc) is 2.21. The summed E-state index contributed by atoms with van der Waals surface area (Å²) in [5.74, 6) is -3.36. The molecule has 0 saturated heterocycles. The van der Waals surface area contributed by atoms with E-state index < -0.39 is 37.3 Å². The van der Waals surface area contributed by atoms with Gasteiger partial charge in [-0.3, -0.25) is 14.3 Å². The third-order valence-corrected chi connectivity index (χ3v) is 2.94. The fourth-order valence-electron chi connectivity index (χ4n) is 0.924. The fourth-order valence-corrected chi connectivity index (χ4v) is 1.62. The van der Waals surface area contributed by atoms with Gasteiger partial charge in [-0.25, -0.2) is 4.39 Å². The molecule has 0 heterocycles. The highest BCUT2D eigenvalue weighted by Crippen LogP contribution is 2.25. The molecule has 0 N–H and O–H groups in total. The van der Waals surface area contributed by atoms with Gasteiger partial charge in [-0.05, 0) is 6.07 Å². The highest BCUT2D eigenvalue weighted by Gasteiger charge is 2.25. The van der Waals surface area contributed by atoms with E-state index in [0.29, 0.717) is 12.1 Å². The lowest BCUT2D eigenvalue weighted by atomic mass is 10.3. The van der Waals surface area contributed by atoms with Crippen LogP contribution in [0.15, 0.2) is 17.0 Å². The normalized spacial score (nSPS) is 11.4. The number of nitrogens with zero attached hydrogens (tertiary/aromatic N) is 1. The fraction of sp³-hybridized carbons (Fsp3) is 0.143. The van der Waals surface area contributed by atoms with Crippen LogP contribution in [-0.4, -0.2) is 20.5 Å². The summed E-state index contributed by atoms with van der Waals surface area (Å²) >= 11 is 0. The Morgan fingerprint density at radius 2 is 1.94 bits per heavy atom. The minimum atomic E-state index is -4.30. The maximum Gasteiger partial charge on any atom is 0.309 e. The van der Waals surface area contributed by atoms with Crippen molar-refractivity contribution in [2.24, 2.45) is 0 Å². The van der Waals surface area contributed by atoms with Crippen molar-refractivity contribution in [2.45, 2.75) is 4.90 Å². The Morgan fingerprint density at radius 1 is 1.38 bits per heavy atom. The molecule has 6 nitrogen and oxygen atoms in total. The summed E-state index contributed by atoms with van der Waals surface area (Å²) in [5.41, 5.74) is -1.27. The molecule has 0 radical (unpaired) electrons. The molecule has 88 valence electrons. The molecule has 0 bridgehead atoms. The Morgan fingerprint density at radius 3 is 2.38 bits per heavy atom. The van der Waals surface area contributed by atoms with E-state index in [1.807, 2.05) is 0 Å². The van der Waals surface area contributed by atoms with Gasteiger partial charge in [-0.15, -0.1) is 0 Å². The molecule has 0 atom stereocenters. The summed E-state index contributed by atoms with van der Waals surface area (Å²) in [7, 11) is -3.51. The quantitative estimate of drug-likeness (QED) is 0.459. The summed E-state index contributed by atoms with van der Waals surface area (Å²) in [4.78, 5) is 8.26. The van der Waals surface area contributed by atoms with E-state index in [1.165, 1.54) is 0 Å². The standard InChI is InChI=1S/C7H5F2NO5S/c1-15-16(13,14)4-2-5(8)7(9)6(3-4)10(11)12/h2-3H,1H3. The Hall–Kier alpha value is -1.61. The molecule has 0 aliphatic heterocycles. The van der Waals surface area contributed by atoms with E-state index in [0.717, 1.165) is 7.11 Å². The van der Waals surface area contributed by atoms with Crippen LogP contribution in [0.3, 0.4) is 0 Å². The highest BCUT2D eigenvalue weighted by atomic mass is 32.2. The van der Waals surface area contributed by atoms with Crippen LogP contribution in [0.2, 0.25) is 0 Å². The Kier molecular flexibility index (Phi) is 3.19. The van der Waals surface area contributed by atoms with Crippen LogP contribution in [0.25, 0.3) is 0 Å². The van der Waals surface area contributed by atoms with Gasteiger partial charge in [0.2, 0.25) is 5.82 Å². The molecule has 0 saturated carbocycles. The molecule has 1 rings (SSSR count). The lowest BCUT2D eigenvalue weighted by molar-refractivity contribution is -0.388. The van der Waals surface area contributed by atoms with Crippen LogP contribution >= 0.6 is 0 Å². The number of hydrogen-bond donors (Lipinski definition) is 0. The van der Waals surface area contributed by atoms with Crippen LogP contribution in [0.1, 0.15) is 0 Å². The summed E-state index contributed by atoms with van der Waals surface area (Å²) in [6, 6.07) is 0.693. The second-order valence-corrected chi connectivity index (χ2v) is 4.33. The molecule has 0 unspecified atom stereocenters. The first-order chi connectivity index (χ1) is 7.29. The van der Waals surface area contributed by atoms with Crippen molar-refractivity contribution >= 4 is 15.8 Å². The predicted molar refractivity (Wildman–Crippen MR) is 47.2 cm³/mol. The lowest BCUT2D eigenvalue weighted by Crippen LogP contribution is -2.06. The first-order valence-electron chi connectivity index (χ1n) is 3.73. The predicted octanol–water partition coefficient (Wildman–Crippen LogP) is 1.21. The van der Waals surface area contributed by atoms with Crippen LogP contribution in [0, 0.1) is 21.7 Å². The van der Waals surface area contributed by atoms with Crippen LogP contribution < -0.4 is 0 Å². The molecular weight excluding hydrogens is 248 g/mol. The number of nitro benzene ring substituents is 1. The molecule has 0 aromatic heterocycles. The van der Waals surface area contributed by atoms with Gasteiger partial charge in [0, 0.05) is 6.07 Å². The van der Waals surface area contributed by atoms with Gasteiger partial charge in [0.25, 0.3) is 10.1 Å². The van der Waals surface area contributed by atoms with Crippen LogP contribution in [0.5, 0.6) is 0 Å². The largest absolute Gasteiger partial charge is 0.309 e. The van der Waals surface area contributed by atoms with Crippen molar-refractivity contribution < 1.29 is 26.3 Å². The van der Waals surface area contributed by atoms with Crippen molar-refractivity contribution in [1.29, 1.82) is 0 Å². The maximum atomic E-state index is 12.9. The third kappa shape index (κ3) is 2.14. The number of halogens is 2. The molecule has 0 spiro atoms. The summed E-state index contributed by atoms with van der Waals surface area (Å²) in [5, 5.41) is 10.3.